The minimum absolute atomic E-state index is 0.0412. The Hall–Kier alpha value is -1.58. The van der Waals surface area contributed by atoms with E-state index in [1.165, 1.54) is 16.7 Å². The van der Waals surface area contributed by atoms with Crippen LogP contribution in [0.4, 0.5) is 0 Å². The molecule has 0 N–H and O–H groups in total. The summed E-state index contributed by atoms with van der Waals surface area (Å²) in [5.74, 6) is -0.229. The minimum Gasteiger partial charge on any atom is -0.308 e. The Morgan fingerprint density at radius 1 is 1.21 bits per heavy atom. The second-order valence-corrected chi connectivity index (χ2v) is 5.06. The molecule has 0 atom stereocenters. The van der Waals surface area contributed by atoms with Crippen molar-refractivity contribution in [1.29, 1.82) is 0 Å². The average molecular weight is 296 g/mol. The third kappa shape index (κ3) is 3.25. The van der Waals surface area contributed by atoms with Crippen molar-refractivity contribution in [3.05, 3.63) is 68.1 Å². The molecule has 19 heavy (non-hydrogen) atoms. The molecule has 2 aromatic rings. The molecule has 0 fully saturated rings. The first-order chi connectivity index (χ1) is 8.97. The Kier molecular flexibility index (Phi) is 4.08. The molecule has 0 spiro atoms. The summed E-state index contributed by atoms with van der Waals surface area (Å²) >= 11 is 11.7. The van der Waals surface area contributed by atoms with Crippen LogP contribution >= 0.6 is 23.2 Å². The Morgan fingerprint density at radius 3 is 2.58 bits per heavy atom. The normalized spacial score (nSPS) is 10.5. The van der Waals surface area contributed by atoms with Crippen LogP contribution in [0, 0.1) is 6.92 Å². The number of carbonyl (C=O) groups excluding carboxylic acids is 1. The molecule has 1 aromatic carbocycles. The molecule has 0 unspecified atom stereocenters. The number of nitrogens with zero attached hydrogens (tertiary/aromatic N) is 1. The van der Waals surface area contributed by atoms with E-state index in [4.69, 9.17) is 23.2 Å². The van der Waals surface area contributed by atoms with Crippen LogP contribution in [-0.2, 0) is 6.54 Å². The van der Waals surface area contributed by atoms with Gasteiger partial charge in [0.25, 0.3) is 5.56 Å². The van der Waals surface area contributed by atoms with Crippen molar-refractivity contribution in [3.63, 3.8) is 0 Å². The van der Waals surface area contributed by atoms with Gasteiger partial charge in [0, 0.05) is 22.8 Å². The van der Waals surface area contributed by atoms with E-state index in [0.29, 0.717) is 10.6 Å². The number of hydrogen-bond acceptors (Lipinski definition) is 2. The molecule has 3 nitrogen and oxygen atoms in total. The summed E-state index contributed by atoms with van der Waals surface area (Å²) in [4.78, 5) is 23.8. The predicted octanol–water partition coefficient (Wildman–Crippen LogP) is 3.35. The van der Waals surface area contributed by atoms with Gasteiger partial charge in [-0.1, -0.05) is 23.2 Å². The first kappa shape index (κ1) is 13.8. The largest absolute Gasteiger partial charge is 0.308 e. The fourth-order valence-corrected chi connectivity index (χ4v) is 2.21. The van der Waals surface area contributed by atoms with E-state index in [1.54, 1.807) is 24.4 Å². The molecule has 0 aliphatic rings. The summed E-state index contributed by atoms with van der Waals surface area (Å²) in [5.41, 5.74) is 1.01. The van der Waals surface area contributed by atoms with Gasteiger partial charge < -0.3 is 4.57 Å². The van der Waals surface area contributed by atoms with Gasteiger partial charge in [0.15, 0.2) is 5.78 Å². The molecule has 0 saturated heterocycles. The second kappa shape index (κ2) is 5.59. The van der Waals surface area contributed by atoms with Crippen molar-refractivity contribution < 1.29 is 4.79 Å². The highest BCUT2D eigenvalue weighted by Gasteiger charge is 2.12. The summed E-state index contributed by atoms with van der Waals surface area (Å²) in [6, 6.07) is 7.92. The standard InChI is InChI=1S/C14H11Cl2NO2/c1-9-4-5-17(14(19)6-9)8-13(18)11-3-2-10(15)7-12(11)16/h2-7H,8H2,1H3. The third-order valence-corrected chi connectivity index (χ3v) is 3.24. The first-order valence-electron chi connectivity index (χ1n) is 5.63. The minimum atomic E-state index is -0.229. The van der Waals surface area contributed by atoms with E-state index in [1.807, 2.05) is 6.92 Å². The summed E-state index contributed by atoms with van der Waals surface area (Å²) in [6.45, 7) is 1.78. The maximum atomic E-state index is 12.1. The summed E-state index contributed by atoms with van der Waals surface area (Å²) in [5, 5.41) is 0.756. The van der Waals surface area contributed by atoms with Crippen molar-refractivity contribution in [1.82, 2.24) is 4.57 Å². The van der Waals surface area contributed by atoms with Gasteiger partial charge in [-0.15, -0.1) is 0 Å². The molecule has 0 aliphatic heterocycles. The number of rotatable bonds is 3. The van der Waals surface area contributed by atoms with E-state index in [0.717, 1.165) is 5.56 Å². The van der Waals surface area contributed by atoms with E-state index in [9.17, 15) is 9.59 Å². The fourth-order valence-electron chi connectivity index (χ4n) is 1.69. The van der Waals surface area contributed by atoms with Gasteiger partial charge in [-0.2, -0.15) is 0 Å². The van der Waals surface area contributed by atoms with Gasteiger partial charge in [0.2, 0.25) is 0 Å². The summed E-state index contributed by atoms with van der Waals surface area (Å²) in [6.07, 6.45) is 1.60. The molecule has 0 amide bonds. The highest BCUT2D eigenvalue weighted by atomic mass is 35.5. The highest BCUT2D eigenvalue weighted by Crippen LogP contribution is 2.21. The van der Waals surface area contributed by atoms with Gasteiger partial charge in [0.05, 0.1) is 11.6 Å². The number of ketones is 1. The maximum Gasteiger partial charge on any atom is 0.251 e. The van der Waals surface area contributed by atoms with E-state index < -0.39 is 0 Å². The van der Waals surface area contributed by atoms with E-state index in [-0.39, 0.29) is 22.9 Å². The molecule has 1 aromatic heterocycles. The molecular weight excluding hydrogens is 285 g/mol. The average Bonchev–Trinajstić information content (AvgIpc) is 2.32. The topological polar surface area (TPSA) is 39.1 Å². The van der Waals surface area contributed by atoms with Crippen LogP contribution < -0.4 is 5.56 Å². The zero-order chi connectivity index (χ0) is 14.0. The number of pyridine rings is 1. The zero-order valence-electron chi connectivity index (χ0n) is 10.2. The highest BCUT2D eigenvalue weighted by molar-refractivity contribution is 6.36. The summed E-state index contributed by atoms with van der Waals surface area (Å²) < 4.78 is 1.35. The van der Waals surface area contributed by atoms with Gasteiger partial charge in [-0.3, -0.25) is 9.59 Å². The molecule has 0 saturated carbocycles. The van der Waals surface area contributed by atoms with Gasteiger partial charge in [0.1, 0.15) is 0 Å². The molecule has 98 valence electrons. The Balaban J connectivity index is 2.28. The van der Waals surface area contributed by atoms with Gasteiger partial charge in [-0.25, -0.2) is 0 Å². The molecule has 0 aliphatic carbocycles. The predicted molar refractivity (Wildman–Crippen MR) is 76.2 cm³/mol. The third-order valence-electron chi connectivity index (χ3n) is 2.70. The second-order valence-electron chi connectivity index (χ2n) is 4.22. The number of benzene rings is 1. The quantitative estimate of drug-likeness (QED) is 0.815. The van der Waals surface area contributed by atoms with Crippen molar-refractivity contribution in [3.8, 4) is 0 Å². The van der Waals surface area contributed by atoms with Gasteiger partial charge >= 0.3 is 0 Å². The monoisotopic (exact) mass is 295 g/mol. The number of halogens is 2. The smallest absolute Gasteiger partial charge is 0.251 e. The SMILES string of the molecule is Cc1ccn(CC(=O)c2ccc(Cl)cc2Cl)c(=O)c1. The van der Waals surface area contributed by atoms with Crippen LogP contribution in [0.5, 0.6) is 0 Å². The molecule has 0 radical (unpaired) electrons. The van der Waals surface area contributed by atoms with E-state index in [2.05, 4.69) is 0 Å². The molecule has 0 bridgehead atoms. The maximum absolute atomic E-state index is 12.1. The lowest BCUT2D eigenvalue weighted by atomic mass is 10.1. The zero-order valence-corrected chi connectivity index (χ0v) is 11.7. The van der Waals surface area contributed by atoms with Crippen LogP contribution in [0.25, 0.3) is 0 Å². The first-order valence-corrected chi connectivity index (χ1v) is 6.38. The number of carbonyl (C=O) groups is 1. The van der Waals surface area contributed by atoms with Crippen LogP contribution in [0.2, 0.25) is 10.0 Å². The van der Waals surface area contributed by atoms with Crippen molar-refractivity contribution in [2.75, 3.05) is 0 Å². The Bertz CT molecular complexity index is 692. The summed E-state index contributed by atoms with van der Waals surface area (Å²) in [7, 11) is 0. The lowest BCUT2D eigenvalue weighted by Gasteiger charge is -2.07. The van der Waals surface area contributed by atoms with Gasteiger partial charge in [-0.05, 0) is 36.8 Å². The number of aryl methyl sites for hydroxylation is 1. The Morgan fingerprint density at radius 2 is 1.95 bits per heavy atom. The number of aromatic nitrogens is 1. The lowest BCUT2D eigenvalue weighted by Crippen LogP contribution is -2.23. The van der Waals surface area contributed by atoms with Crippen LogP contribution in [0.1, 0.15) is 15.9 Å². The molecule has 1 heterocycles. The van der Waals surface area contributed by atoms with Crippen LogP contribution in [0.3, 0.4) is 0 Å². The lowest BCUT2D eigenvalue weighted by molar-refractivity contribution is 0.0971. The Labute approximate surface area is 120 Å². The van der Waals surface area contributed by atoms with Crippen molar-refractivity contribution in [2.24, 2.45) is 0 Å². The molecule has 5 heteroatoms. The van der Waals surface area contributed by atoms with E-state index >= 15 is 0 Å². The molecule has 2 rings (SSSR count). The fraction of sp³-hybridized carbons (Fsp3) is 0.143. The van der Waals surface area contributed by atoms with Crippen molar-refractivity contribution in [2.45, 2.75) is 13.5 Å². The van der Waals surface area contributed by atoms with Crippen molar-refractivity contribution >= 4 is 29.0 Å². The van der Waals surface area contributed by atoms with Crippen LogP contribution in [0.15, 0.2) is 41.3 Å². The molecular formula is C14H11Cl2NO2. The van der Waals surface area contributed by atoms with Crippen LogP contribution in [-0.4, -0.2) is 10.4 Å². The number of hydrogen-bond donors (Lipinski definition) is 0. The number of Topliss-reactive ketones (excluding diaryl/α,β-unsaturated/α-hetero) is 1.